The zero-order chi connectivity index (χ0) is 10.1. The second kappa shape index (κ2) is 3.40. The first-order chi connectivity index (χ1) is 6.76. The van der Waals surface area contributed by atoms with Gasteiger partial charge in [-0.1, -0.05) is 6.07 Å². The van der Waals surface area contributed by atoms with Crippen molar-refractivity contribution in [3.05, 3.63) is 28.6 Å². The second-order valence-corrected chi connectivity index (χ2v) is 4.00. The summed E-state index contributed by atoms with van der Waals surface area (Å²) in [6, 6.07) is 4.80. The number of hydrogen-bond donors (Lipinski definition) is 2. The van der Waals surface area contributed by atoms with E-state index in [1.165, 1.54) is 17.4 Å². The van der Waals surface area contributed by atoms with Crippen LogP contribution in [0.1, 0.15) is 15.2 Å². The third kappa shape index (κ3) is 1.29. The highest BCUT2D eigenvalue weighted by atomic mass is 32.1. The van der Waals surface area contributed by atoms with Gasteiger partial charge in [0.1, 0.15) is 5.75 Å². The number of aliphatic hydroxyl groups excluding tert-OH is 1. The summed E-state index contributed by atoms with van der Waals surface area (Å²) in [5.41, 5.74) is 0.732. The van der Waals surface area contributed by atoms with Crippen LogP contribution in [0.3, 0.4) is 0 Å². The molecule has 72 valence electrons. The van der Waals surface area contributed by atoms with Gasteiger partial charge in [0.2, 0.25) is 0 Å². The first kappa shape index (κ1) is 9.18. The molecule has 14 heavy (non-hydrogen) atoms. The third-order valence-corrected chi connectivity index (χ3v) is 3.18. The summed E-state index contributed by atoms with van der Waals surface area (Å²) in [5, 5.41) is 19.2. The molecule has 3 nitrogen and oxygen atoms in total. The molecule has 0 aliphatic carbocycles. The van der Waals surface area contributed by atoms with E-state index in [0.717, 1.165) is 16.5 Å². The van der Waals surface area contributed by atoms with Crippen molar-refractivity contribution in [3.8, 4) is 5.75 Å². The Morgan fingerprint density at radius 3 is 2.86 bits per heavy atom. The van der Waals surface area contributed by atoms with Crippen molar-refractivity contribution < 1.29 is 15.0 Å². The van der Waals surface area contributed by atoms with Crippen LogP contribution in [0, 0.1) is 0 Å². The Morgan fingerprint density at radius 2 is 2.21 bits per heavy atom. The Morgan fingerprint density at radius 1 is 1.43 bits per heavy atom. The summed E-state index contributed by atoms with van der Waals surface area (Å²) >= 11 is 1.27. The summed E-state index contributed by atoms with van der Waals surface area (Å²) in [6.07, 6.45) is 0.741. The Balaban J connectivity index is 2.81. The van der Waals surface area contributed by atoms with Gasteiger partial charge in [-0.2, -0.15) is 0 Å². The maximum Gasteiger partial charge on any atom is 0.160 e. The van der Waals surface area contributed by atoms with E-state index in [1.807, 2.05) is 0 Å². The van der Waals surface area contributed by atoms with Crippen LogP contribution in [-0.2, 0) is 6.61 Å². The van der Waals surface area contributed by atoms with E-state index in [-0.39, 0.29) is 12.4 Å². The largest absolute Gasteiger partial charge is 0.507 e. The average molecular weight is 208 g/mol. The minimum absolute atomic E-state index is 0.0877. The van der Waals surface area contributed by atoms with Gasteiger partial charge in [0.25, 0.3) is 0 Å². The van der Waals surface area contributed by atoms with E-state index in [9.17, 15) is 9.90 Å². The molecule has 0 saturated heterocycles. The SMILES string of the molecule is O=Cc1cc2c(O)ccc(CO)c2s1. The van der Waals surface area contributed by atoms with Crippen LogP contribution < -0.4 is 0 Å². The number of carbonyl (C=O) groups excluding carboxylic acids is 1. The lowest BCUT2D eigenvalue weighted by Gasteiger charge is -1.99. The smallest absolute Gasteiger partial charge is 0.160 e. The molecule has 2 aromatic rings. The van der Waals surface area contributed by atoms with Crippen molar-refractivity contribution in [2.24, 2.45) is 0 Å². The fourth-order valence-corrected chi connectivity index (χ4v) is 2.36. The minimum atomic E-state index is -0.0877. The highest BCUT2D eigenvalue weighted by Crippen LogP contribution is 2.34. The van der Waals surface area contributed by atoms with E-state index in [2.05, 4.69) is 0 Å². The van der Waals surface area contributed by atoms with Gasteiger partial charge in [-0.05, 0) is 17.7 Å². The predicted molar refractivity (Wildman–Crippen MR) is 54.8 cm³/mol. The monoisotopic (exact) mass is 208 g/mol. The van der Waals surface area contributed by atoms with Crippen molar-refractivity contribution in [2.45, 2.75) is 6.61 Å². The van der Waals surface area contributed by atoms with Gasteiger partial charge in [0.15, 0.2) is 6.29 Å². The van der Waals surface area contributed by atoms with E-state index >= 15 is 0 Å². The Bertz CT molecular complexity index is 487. The standard InChI is InChI=1S/C10H8O3S/c11-4-6-1-2-9(13)8-3-7(5-12)14-10(6)8/h1-3,5,11,13H,4H2. The summed E-state index contributed by atoms with van der Waals surface area (Å²) in [5.74, 6) is 0.140. The number of phenolic OH excluding ortho intramolecular Hbond substituents is 1. The average Bonchev–Trinajstić information content (AvgIpc) is 2.63. The quantitative estimate of drug-likeness (QED) is 0.741. The van der Waals surface area contributed by atoms with Gasteiger partial charge in [-0.25, -0.2) is 0 Å². The third-order valence-electron chi connectivity index (χ3n) is 2.05. The number of thiophene rings is 1. The maximum absolute atomic E-state index is 10.6. The normalized spacial score (nSPS) is 10.6. The molecule has 0 spiro atoms. The number of aldehydes is 1. The summed E-state index contributed by atoms with van der Waals surface area (Å²) in [6.45, 7) is -0.0877. The van der Waals surface area contributed by atoms with Crippen LogP contribution in [-0.4, -0.2) is 16.5 Å². The molecule has 0 radical (unpaired) electrons. The molecule has 0 saturated carbocycles. The lowest BCUT2D eigenvalue weighted by atomic mass is 10.1. The van der Waals surface area contributed by atoms with Gasteiger partial charge in [0.05, 0.1) is 11.5 Å². The van der Waals surface area contributed by atoms with E-state index < -0.39 is 0 Å². The highest BCUT2D eigenvalue weighted by molar-refractivity contribution is 7.20. The van der Waals surface area contributed by atoms with Crippen LogP contribution in [0.5, 0.6) is 5.75 Å². The van der Waals surface area contributed by atoms with Crippen LogP contribution >= 0.6 is 11.3 Å². The lowest BCUT2D eigenvalue weighted by Crippen LogP contribution is -1.81. The number of fused-ring (bicyclic) bond motifs is 1. The Kier molecular flexibility index (Phi) is 2.23. The summed E-state index contributed by atoms with van der Waals surface area (Å²) in [7, 11) is 0. The number of rotatable bonds is 2. The van der Waals surface area contributed by atoms with Gasteiger partial charge in [-0.15, -0.1) is 11.3 Å². The molecule has 0 aliphatic rings. The number of carbonyl (C=O) groups is 1. The molecule has 0 aliphatic heterocycles. The van der Waals surface area contributed by atoms with E-state index in [4.69, 9.17) is 5.11 Å². The fourth-order valence-electron chi connectivity index (χ4n) is 1.37. The number of aromatic hydroxyl groups is 1. The highest BCUT2D eigenvalue weighted by Gasteiger charge is 2.08. The molecule has 1 aromatic heterocycles. The molecular formula is C10H8O3S. The molecule has 2 rings (SSSR count). The number of benzene rings is 1. The molecule has 0 unspecified atom stereocenters. The van der Waals surface area contributed by atoms with Crippen molar-refractivity contribution >= 4 is 27.7 Å². The molecule has 4 heteroatoms. The van der Waals surface area contributed by atoms with Crippen LogP contribution in [0.4, 0.5) is 0 Å². The fraction of sp³-hybridized carbons (Fsp3) is 0.100. The molecule has 0 amide bonds. The zero-order valence-electron chi connectivity index (χ0n) is 7.23. The number of hydrogen-bond acceptors (Lipinski definition) is 4. The Labute approximate surface area is 84.2 Å². The first-order valence-corrected chi connectivity index (χ1v) is 4.88. The molecule has 0 fully saturated rings. The van der Waals surface area contributed by atoms with Gasteiger partial charge < -0.3 is 10.2 Å². The first-order valence-electron chi connectivity index (χ1n) is 4.06. The summed E-state index contributed by atoms with van der Waals surface area (Å²) < 4.78 is 0.773. The molecule has 0 bridgehead atoms. The van der Waals surface area contributed by atoms with Gasteiger partial charge in [-0.3, -0.25) is 4.79 Å². The van der Waals surface area contributed by atoms with Crippen molar-refractivity contribution in [2.75, 3.05) is 0 Å². The minimum Gasteiger partial charge on any atom is -0.507 e. The van der Waals surface area contributed by atoms with Crippen molar-refractivity contribution in [1.82, 2.24) is 0 Å². The second-order valence-electron chi connectivity index (χ2n) is 2.91. The van der Waals surface area contributed by atoms with Crippen LogP contribution in [0.2, 0.25) is 0 Å². The molecule has 1 aromatic carbocycles. The van der Waals surface area contributed by atoms with E-state index in [1.54, 1.807) is 12.1 Å². The van der Waals surface area contributed by atoms with E-state index in [0.29, 0.717) is 10.3 Å². The molecular weight excluding hydrogens is 200 g/mol. The topological polar surface area (TPSA) is 57.5 Å². The van der Waals surface area contributed by atoms with Crippen molar-refractivity contribution in [3.63, 3.8) is 0 Å². The van der Waals surface area contributed by atoms with Gasteiger partial charge >= 0.3 is 0 Å². The Hall–Kier alpha value is -1.39. The van der Waals surface area contributed by atoms with Crippen molar-refractivity contribution in [1.29, 1.82) is 0 Å². The lowest BCUT2D eigenvalue weighted by molar-refractivity contribution is 0.112. The number of phenols is 1. The predicted octanol–water partition coefficient (Wildman–Crippen LogP) is 1.91. The number of aliphatic hydroxyl groups is 1. The molecule has 0 atom stereocenters. The summed E-state index contributed by atoms with van der Waals surface area (Å²) in [4.78, 5) is 11.1. The van der Waals surface area contributed by atoms with Crippen LogP contribution in [0.25, 0.3) is 10.1 Å². The van der Waals surface area contributed by atoms with Gasteiger partial charge in [0, 0.05) is 10.1 Å². The molecule has 1 heterocycles. The van der Waals surface area contributed by atoms with Crippen LogP contribution in [0.15, 0.2) is 18.2 Å². The molecule has 2 N–H and O–H groups in total. The maximum atomic E-state index is 10.6. The zero-order valence-corrected chi connectivity index (χ0v) is 8.04.